The molecule has 0 radical (unpaired) electrons. The van der Waals surface area contributed by atoms with Gasteiger partial charge in [-0.15, -0.1) is 0 Å². The number of halogens is 1. The Labute approximate surface area is 143 Å². The van der Waals surface area contributed by atoms with Crippen molar-refractivity contribution in [2.45, 2.75) is 39.7 Å². The highest BCUT2D eigenvalue weighted by Gasteiger charge is 2.39. The van der Waals surface area contributed by atoms with Gasteiger partial charge in [-0.05, 0) is 25.0 Å². The molecule has 0 aliphatic heterocycles. The van der Waals surface area contributed by atoms with Gasteiger partial charge in [-0.25, -0.2) is 4.79 Å². The van der Waals surface area contributed by atoms with Crippen molar-refractivity contribution in [2.24, 2.45) is 5.92 Å². The highest BCUT2D eigenvalue weighted by molar-refractivity contribution is 6.32. The van der Waals surface area contributed by atoms with Gasteiger partial charge in [0.15, 0.2) is 0 Å². The summed E-state index contributed by atoms with van der Waals surface area (Å²) < 4.78 is 9.60. The van der Waals surface area contributed by atoms with E-state index in [0.29, 0.717) is 5.02 Å². The molecule has 1 N–H and O–H groups in total. The van der Waals surface area contributed by atoms with Crippen LogP contribution in [0.5, 0.6) is 5.75 Å². The molecule has 0 saturated carbocycles. The van der Waals surface area contributed by atoms with E-state index >= 15 is 0 Å². The van der Waals surface area contributed by atoms with Crippen LogP contribution in [0.2, 0.25) is 5.02 Å². The largest absolute Gasteiger partial charge is 0.495 e. The minimum atomic E-state index is -0.921. The van der Waals surface area contributed by atoms with E-state index in [1.54, 1.807) is 20.1 Å². The lowest BCUT2D eigenvalue weighted by molar-refractivity contribution is -0.152. The van der Waals surface area contributed by atoms with Crippen molar-refractivity contribution in [3.63, 3.8) is 0 Å². The molecule has 23 heavy (non-hydrogen) atoms. The van der Waals surface area contributed by atoms with E-state index in [1.807, 2.05) is 32.0 Å². The van der Waals surface area contributed by atoms with Gasteiger partial charge in [0.1, 0.15) is 11.3 Å². The number of amides is 1. The summed E-state index contributed by atoms with van der Waals surface area (Å²) in [7, 11) is 2.92. The quantitative estimate of drug-likeness (QED) is 0.832. The van der Waals surface area contributed by atoms with Crippen LogP contribution >= 0.6 is 11.6 Å². The maximum atomic E-state index is 11.5. The standard InChI is InChI=1S/C10H19NO3.C7H7ClO/c1-6-7(2)10(4,9(13)14-5)11-8(3)12;1-9-7-5-3-2-4-6(7)8/h7H,6H2,1-5H3,(H,11,12);2-5H,1H3. The average molecular weight is 344 g/mol. The number of nitrogens with one attached hydrogen (secondary N) is 1. The fourth-order valence-corrected chi connectivity index (χ4v) is 2.18. The Morgan fingerprint density at radius 2 is 1.87 bits per heavy atom. The number of esters is 1. The monoisotopic (exact) mass is 343 g/mol. The predicted octanol–water partition coefficient (Wildman–Crippen LogP) is 3.45. The van der Waals surface area contributed by atoms with Crippen LogP contribution < -0.4 is 10.1 Å². The van der Waals surface area contributed by atoms with Crippen LogP contribution in [0.15, 0.2) is 24.3 Å². The van der Waals surface area contributed by atoms with Crippen LogP contribution in [0.1, 0.15) is 34.1 Å². The van der Waals surface area contributed by atoms with Gasteiger partial charge < -0.3 is 14.8 Å². The van der Waals surface area contributed by atoms with E-state index in [4.69, 9.17) is 16.3 Å². The van der Waals surface area contributed by atoms with E-state index in [9.17, 15) is 9.59 Å². The van der Waals surface area contributed by atoms with Gasteiger partial charge in [-0.1, -0.05) is 44.0 Å². The molecule has 0 fully saturated rings. The fraction of sp³-hybridized carbons (Fsp3) is 0.529. The zero-order valence-electron chi connectivity index (χ0n) is 14.6. The molecule has 0 aliphatic carbocycles. The number of carbonyl (C=O) groups excluding carboxylic acids is 2. The van der Waals surface area contributed by atoms with Crippen molar-refractivity contribution in [1.82, 2.24) is 5.32 Å². The third-order valence-electron chi connectivity index (χ3n) is 3.70. The molecule has 6 heteroatoms. The maximum absolute atomic E-state index is 11.5. The molecule has 1 amide bonds. The fourth-order valence-electron chi connectivity index (χ4n) is 1.97. The lowest BCUT2D eigenvalue weighted by Gasteiger charge is -2.32. The number of carbonyl (C=O) groups is 2. The maximum Gasteiger partial charge on any atom is 0.331 e. The highest BCUT2D eigenvalue weighted by Crippen LogP contribution is 2.22. The molecule has 0 aliphatic rings. The summed E-state index contributed by atoms with van der Waals surface area (Å²) in [5.41, 5.74) is -0.921. The Morgan fingerprint density at radius 1 is 1.30 bits per heavy atom. The minimum absolute atomic E-state index is 0.0406. The Bertz CT molecular complexity index is 521. The first kappa shape index (κ1) is 21.2. The van der Waals surface area contributed by atoms with Crippen LogP contribution in [-0.4, -0.2) is 31.6 Å². The summed E-state index contributed by atoms with van der Waals surface area (Å²) in [4.78, 5) is 22.5. The molecular formula is C17H26ClNO4. The van der Waals surface area contributed by atoms with E-state index < -0.39 is 11.5 Å². The van der Waals surface area contributed by atoms with Gasteiger partial charge in [0.2, 0.25) is 5.91 Å². The minimum Gasteiger partial charge on any atom is -0.495 e. The van der Waals surface area contributed by atoms with Gasteiger partial charge in [-0.3, -0.25) is 4.79 Å². The average Bonchev–Trinajstić information content (AvgIpc) is 2.53. The molecule has 5 nitrogen and oxygen atoms in total. The normalized spacial score (nSPS) is 13.7. The summed E-state index contributed by atoms with van der Waals surface area (Å²) in [6, 6.07) is 7.36. The molecule has 2 unspecified atom stereocenters. The number of rotatable bonds is 5. The number of methoxy groups -OCH3 is 2. The molecule has 0 heterocycles. The number of hydrogen-bond acceptors (Lipinski definition) is 4. The van der Waals surface area contributed by atoms with E-state index in [0.717, 1.165) is 12.2 Å². The Hall–Kier alpha value is -1.75. The summed E-state index contributed by atoms with van der Waals surface area (Å²) in [6.07, 6.45) is 0.798. The second-order valence-electron chi connectivity index (χ2n) is 5.32. The van der Waals surface area contributed by atoms with Gasteiger partial charge in [-0.2, -0.15) is 0 Å². The van der Waals surface area contributed by atoms with Gasteiger partial charge in [0, 0.05) is 6.92 Å². The molecule has 0 bridgehead atoms. The van der Waals surface area contributed by atoms with E-state index in [2.05, 4.69) is 10.1 Å². The van der Waals surface area contributed by atoms with Gasteiger partial charge in [0.05, 0.1) is 19.2 Å². The number of hydrogen-bond donors (Lipinski definition) is 1. The molecule has 0 saturated heterocycles. The van der Waals surface area contributed by atoms with Crippen LogP contribution in [0.3, 0.4) is 0 Å². The smallest absolute Gasteiger partial charge is 0.331 e. The predicted molar refractivity (Wildman–Crippen MR) is 91.7 cm³/mol. The van der Waals surface area contributed by atoms with Crippen molar-refractivity contribution < 1.29 is 19.1 Å². The number of ether oxygens (including phenoxy) is 2. The molecule has 0 aromatic heterocycles. The second kappa shape index (κ2) is 10.1. The van der Waals surface area contributed by atoms with Gasteiger partial charge >= 0.3 is 5.97 Å². The second-order valence-corrected chi connectivity index (χ2v) is 5.73. The van der Waals surface area contributed by atoms with Crippen LogP contribution in [0, 0.1) is 5.92 Å². The third-order valence-corrected chi connectivity index (χ3v) is 4.01. The summed E-state index contributed by atoms with van der Waals surface area (Å²) in [5, 5.41) is 3.30. The van der Waals surface area contributed by atoms with E-state index in [1.165, 1.54) is 14.0 Å². The van der Waals surface area contributed by atoms with Gasteiger partial charge in [0.25, 0.3) is 0 Å². The van der Waals surface area contributed by atoms with Crippen molar-refractivity contribution in [1.29, 1.82) is 0 Å². The molecule has 1 aromatic carbocycles. The zero-order chi connectivity index (χ0) is 18.0. The SMILES string of the molecule is CCC(C)C(C)(NC(C)=O)C(=O)OC.COc1ccccc1Cl. The van der Waals surface area contributed by atoms with Crippen LogP contribution in [0.4, 0.5) is 0 Å². The van der Waals surface area contributed by atoms with Crippen molar-refractivity contribution in [3.05, 3.63) is 29.3 Å². The van der Waals surface area contributed by atoms with Crippen LogP contribution in [-0.2, 0) is 14.3 Å². The summed E-state index contributed by atoms with van der Waals surface area (Å²) in [5.74, 6) is 0.137. The zero-order valence-corrected chi connectivity index (χ0v) is 15.4. The first-order valence-electron chi connectivity index (χ1n) is 7.38. The molecular weight excluding hydrogens is 318 g/mol. The lowest BCUT2D eigenvalue weighted by Crippen LogP contribution is -2.56. The highest BCUT2D eigenvalue weighted by atomic mass is 35.5. The first-order valence-corrected chi connectivity index (χ1v) is 7.76. The van der Waals surface area contributed by atoms with E-state index in [-0.39, 0.29) is 11.8 Å². The number of para-hydroxylation sites is 1. The van der Waals surface area contributed by atoms with Crippen molar-refractivity contribution in [3.8, 4) is 5.75 Å². The molecule has 130 valence electrons. The number of benzene rings is 1. The Morgan fingerprint density at radius 3 is 2.22 bits per heavy atom. The van der Waals surface area contributed by atoms with Crippen molar-refractivity contribution in [2.75, 3.05) is 14.2 Å². The molecule has 1 aromatic rings. The Balaban J connectivity index is 0.000000459. The summed E-state index contributed by atoms with van der Waals surface area (Å²) in [6.45, 7) is 6.96. The first-order chi connectivity index (χ1) is 10.7. The van der Waals surface area contributed by atoms with Crippen LogP contribution in [0.25, 0.3) is 0 Å². The molecule has 0 spiro atoms. The molecule has 2 atom stereocenters. The topological polar surface area (TPSA) is 64.6 Å². The third kappa shape index (κ3) is 6.48. The lowest BCUT2D eigenvalue weighted by atomic mass is 9.85. The summed E-state index contributed by atoms with van der Waals surface area (Å²) >= 11 is 5.70. The Kier molecular flexibility index (Phi) is 9.34. The van der Waals surface area contributed by atoms with Crippen molar-refractivity contribution >= 4 is 23.5 Å². The molecule has 1 rings (SSSR count).